The van der Waals surface area contributed by atoms with Crippen molar-refractivity contribution in [2.45, 2.75) is 46.5 Å². The molecule has 0 unspecified atom stereocenters. The number of primary amides is 1. The van der Waals surface area contributed by atoms with Crippen LogP contribution in [0.1, 0.15) is 46.5 Å². The molecule has 0 bridgehead atoms. The third-order valence-corrected chi connectivity index (χ3v) is 6.13. The van der Waals surface area contributed by atoms with Crippen LogP contribution in [0, 0.1) is 17.3 Å². The number of nitrogens with zero attached hydrogens (tertiary/aromatic N) is 3. The molecule has 2 rings (SSSR count). The molecule has 1 aliphatic carbocycles. The molecular formula is C21H38N4O3. The van der Waals surface area contributed by atoms with Gasteiger partial charge < -0.3 is 10.6 Å². The zero-order valence-corrected chi connectivity index (χ0v) is 18.1. The number of ketones is 1. The standard InChI is InChI=1S/C21H38N4O3/c1-21(2,3)19(27)16-7-5-6-8-17(16)20(28)23(4)9-10-24-11-13-25(14-12-24)15-18(22)26/h16-17H,5-15H2,1-4H3,(H2,22,26)/t16-,17+/m1/s1. The zero-order chi connectivity index (χ0) is 20.9. The Morgan fingerprint density at radius 1 is 0.964 bits per heavy atom. The summed E-state index contributed by atoms with van der Waals surface area (Å²) in [6.07, 6.45) is 3.72. The third kappa shape index (κ3) is 6.27. The van der Waals surface area contributed by atoms with E-state index in [1.54, 1.807) is 0 Å². The molecule has 1 saturated heterocycles. The van der Waals surface area contributed by atoms with Crippen LogP contribution in [0.2, 0.25) is 0 Å². The molecule has 1 saturated carbocycles. The first-order chi connectivity index (χ1) is 13.1. The predicted molar refractivity (Wildman–Crippen MR) is 110 cm³/mol. The maximum atomic E-state index is 13.1. The van der Waals surface area contributed by atoms with Crippen LogP contribution in [-0.4, -0.2) is 85.2 Å². The number of Topliss-reactive ketones (excluding diaryl/α,β-unsaturated/α-hetero) is 1. The first kappa shape index (κ1) is 22.8. The van der Waals surface area contributed by atoms with Crippen LogP contribution in [0.25, 0.3) is 0 Å². The second-order valence-corrected chi connectivity index (χ2v) is 9.46. The zero-order valence-electron chi connectivity index (χ0n) is 18.1. The fraction of sp³-hybridized carbons (Fsp3) is 0.857. The average Bonchev–Trinajstić information content (AvgIpc) is 2.64. The molecule has 160 valence electrons. The quantitative estimate of drug-likeness (QED) is 0.695. The number of amides is 2. The normalized spacial score (nSPS) is 24.7. The van der Waals surface area contributed by atoms with Crippen LogP contribution in [0.4, 0.5) is 0 Å². The van der Waals surface area contributed by atoms with Gasteiger partial charge in [-0.15, -0.1) is 0 Å². The Hall–Kier alpha value is -1.47. The van der Waals surface area contributed by atoms with E-state index in [9.17, 15) is 14.4 Å². The lowest BCUT2D eigenvalue weighted by Gasteiger charge is -2.37. The smallest absolute Gasteiger partial charge is 0.231 e. The Bertz CT molecular complexity index is 564. The molecule has 7 nitrogen and oxygen atoms in total. The van der Waals surface area contributed by atoms with Crippen molar-refractivity contribution in [3.63, 3.8) is 0 Å². The lowest BCUT2D eigenvalue weighted by atomic mass is 9.70. The van der Waals surface area contributed by atoms with Gasteiger partial charge in [0.25, 0.3) is 0 Å². The van der Waals surface area contributed by atoms with Crippen LogP contribution in [0.5, 0.6) is 0 Å². The Morgan fingerprint density at radius 3 is 2.04 bits per heavy atom. The first-order valence-corrected chi connectivity index (χ1v) is 10.6. The summed E-state index contributed by atoms with van der Waals surface area (Å²) in [7, 11) is 1.86. The summed E-state index contributed by atoms with van der Waals surface area (Å²) in [5, 5.41) is 0. The van der Waals surface area contributed by atoms with E-state index >= 15 is 0 Å². The SMILES string of the molecule is CN(CCN1CCN(CC(N)=O)CC1)C(=O)[C@H]1CCCC[C@H]1C(=O)C(C)(C)C. The van der Waals surface area contributed by atoms with Gasteiger partial charge in [-0.05, 0) is 12.8 Å². The number of piperazine rings is 1. The largest absolute Gasteiger partial charge is 0.369 e. The van der Waals surface area contributed by atoms with Crippen LogP contribution >= 0.6 is 0 Å². The van der Waals surface area contributed by atoms with Gasteiger partial charge >= 0.3 is 0 Å². The van der Waals surface area contributed by atoms with E-state index in [-0.39, 0.29) is 29.4 Å². The molecule has 0 aromatic heterocycles. The topological polar surface area (TPSA) is 86.9 Å². The van der Waals surface area contributed by atoms with E-state index in [2.05, 4.69) is 9.80 Å². The molecule has 2 aliphatic rings. The molecule has 28 heavy (non-hydrogen) atoms. The molecular weight excluding hydrogens is 356 g/mol. The van der Waals surface area contributed by atoms with Crippen molar-refractivity contribution in [3.05, 3.63) is 0 Å². The van der Waals surface area contributed by atoms with Crippen LogP contribution in [-0.2, 0) is 14.4 Å². The van der Waals surface area contributed by atoms with E-state index in [1.165, 1.54) is 0 Å². The van der Waals surface area contributed by atoms with E-state index < -0.39 is 5.41 Å². The Labute approximate surface area is 169 Å². The summed E-state index contributed by atoms with van der Waals surface area (Å²) in [5.41, 5.74) is 4.86. The molecule has 0 aromatic carbocycles. The minimum atomic E-state index is -0.399. The summed E-state index contributed by atoms with van der Waals surface area (Å²) in [5.74, 6) is -0.247. The van der Waals surface area contributed by atoms with Gasteiger partial charge in [0.2, 0.25) is 11.8 Å². The molecule has 2 atom stereocenters. The van der Waals surface area contributed by atoms with Gasteiger partial charge in [-0.1, -0.05) is 33.6 Å². The van der Waals surface area contributed by atoms with Crippen molar-refractivity contribution in [2.75, 3.05) is 52.9 Å². The van der Waals surface area contributed by atoms with Crippen LogP contribution in [0.15, 0.2) is 0 Å². The van der Waals surface area contributed by atoms with Crippen molar-refractivity contribution in [3.8, 4) is 0 Å². The average molecular weight is 395 g/mol. The van der Waals surface area contributed by atoms with E-state index in [4.69, 9.17) is 5.73 Å². The number of carbonyl (C=O) groups excluding carboxylic acids is 3. The van der Waals surface area contributed by atoms with E-state index in [1.807, 2.05) is 32.7 Å². The Morgan fingerprint density at radius 2 is 1.50 bits per heavy atom. The van der Waals surface area contributed by atoms with Crippen LogP contribution in [0.3, 0.4) is 0 Å². The van der Waals surface area contributed by atoms with Crippen molar-refractivity contribution >= 4 is 17.6 Å². The van der Waals surface area contributed by atoms with Crippen LogP contribution < -0.4 is 5.73 Å². The number of carbonyl (C=O) groups is 3. The second kappa shape index (κ2) is 9.83. The fourth-order valence-corrected chi connectivity index (χ4v) is 4.37. The molecule has 2 N–H and O–H groups in total. The Balaban J connectivity index is 1.84. The summed E-state index contributed by atoms with van der Waals surface area (Å²) in [6, 6.07) is 0. The third-order valence-electron chi connectivity index (χ3n) is 6.13. The first-order valence-electron chi connectivity index (χ1n) is 10.6. The molecule has 7 heteroatoms. The lowest BCUT2D eigenvalue weighted by Crippen LogP contribution is -2.51. The number of hydrogen-bond donors (Lipinski definition) is 1. The van der Waals surface area contributed by atoms with Gasteiger partial charge in [-0.3, -0.25) is 24.2 Å². The van der Waals surface area contributed by atoms with Crippen molar-refractivity contribution in [1.29, 1.82) is 0 Å². The molecule has 0 radical (unpaired) electrons. The number of hydrogen-bond acceptors (Lipinski definition) is 5. The fourth-order valence-electron chi connectivity index (χ4n) is 4.37. The predicted octanol–water partition coefficient (Wildman–Crippen LogP) is 0.969. The second-order valence-electron chi connectivity index (χ2n) is 9.46. The number of rotatable bonds is 7. The number of nitrogens with two attached hydrogens (primary N) is 1. The highest BCUT2D eigenvalue weighted by atomic mass is 16.2. The van der Waals surface area contributed by atoms with Gasteiger partial charge in [-0.2, -0.15) is 0 Å². The summed E-state index contributed by atoms with van der Waals surface area (Å²) >= 11 is 0. The molecule has 0 spiro atoms. The minimum absolute atomic E-state index is 0.120. The highest BCUT2D eigenvalue weighted by Crippen LogP contribution is 2.36. The van der Waals surface area contributed by atoms with Crippen molar-refractivity contribution in [1.82, 2.24) is 14.7 Å². The van der Waals surface area contributed by atoms with Crippen molar-refractivity contribution < 1.29 is 14.4 Å². The lowest BCUT2D eigenvalue weighted by molar-refractivity contribution is -0.145. The van der Waals surface area contributed by atoms with Crippen molar-refractivity contribution in [2.24, 2.45) is 23.0 Å². The molecule has 2 fully saturated rings. The molecule has 0 aromatic rings. The van der Waals surface area contributed by atoms with Gasteiger partial charge in [0.15, 0.2) is 0 Å². The van der Waals surface area contributed by atoms with E-state index in [0.717, 1.165) is 58.4 Å². The van der Waals surface area contributed by atoms with Gasteiger partial charge in [-0.25, -0.2) is 0 Å². The van der Waals surface area contributed by atoms with E-state index in [0.29, 0.717) is 13.1 Å². The highest BCUT2D eigenvalue weighted by molar-refractivity contribution is 5.91. The summed E-state index contributed by atoms with van der Waals surface area (Å²) in [4.78, 5) is 43.2. The minimum Gasteiger partial charge on any atom is -0.369 e. The molecule has 2 amide bonds. The summed E-state index contributed by atoms with van der Waals surface area (Å²) in [6.45, 7) is 11.1. The maximum Gasteiger partial charge on any atom is 0.231 e. The van der Waals surface area contributed by atoms with Gasteiger partial charge in [0.05, 0.1) is 6.54 Å². The van der Waals surface area contributed by atoms with Gasteiger partial charge in [0.1, 0.15) is 5.78 Å². The Kier molecular flexibility index (Phi) is 8.01. The summed E-state index contributed by atoms with van der Waals surface area (Å²) < 4.78 is 0. The number of likely N-dealkylation sites (N-methyl/N-ethyl adjacent to an activating group) is 1. The van der Waals surface area contributed by atoms with Gasteiger partial charge in [0, 0.05) is 63.6 Å². The molecule has 1 heterocycles. The maximum absolute atomic E-state index is 13.1. The molecule has 1 aliphatic heterocycles. The monoisotopic (exact) mass is 394 g/mol. The highest BCUT2D eigenvalue weighted by Gasteiger charge is 2.40.